The molecule has 1 aromatic heterocycles. The lowest BCUT2D eigenvalue weighted by molar-refractivity contribution is -0.148. The summed E-state index contributed by atoms with van der Waals surface area (Å²) in [6, 6.07) is 7.18. The van der Waals surface area contributed by atoms with Crippen LogP contribution in [-0.2, 0) is 9.63 Å². The number of carbonyl (C=O) groups is 1. The van der Waals surface area contributed by atoms with Gasteiger partial charge in [-0.2, -0.15) is 0 Å². The highest BCUT2D eigenvalue weighted by Crippen LogP contribution is 2.43. The van der Waals surface area contributed by atoms with Crippen LogP contribution in [0.15, 0.2) is 33.8 Å². The van der Waals surface area contributed by atoms with Crippen LogP contribution >= 0.6 is 23.1 Å². The van der Waals surface area contributed by atoms with Gasteiger partial charge in [0.25, 0.3) is 0 Å². The zero-order valence-corrected chi connectivity index (χ0v) is 27.5. The fourth-order valence-corrected chi connectivity index (χ4v) is 5.99. The number of nitrogens with zero attached hydrogens (tertiary/aromatic N) is 3. The second kappa shape index (κ2) is 16.8. The Hall–Kier alpha value is -3.71. The van der Waals surface area contributed by atoms with Crippen LogP contribution in [-0.4, -0.2) is 70.3 Å². The molecule has 3 aromatic rings. The Kier molecular flexibility index (Phi) is 13.2. The van der Waals surface area contributed by atoms with Gasteiger partial charge in [0, 0.05) is 16.9 Å². The van der Waals surface area contributed by atoms with E-state index in [2.05, 4.69) is 22.3 Å². The molecule has 0 saturated heterocycles. The first-order chi connectivity index (χ1) is 20.8. The zero-order chi connectivity index (χ0) is 31.4. The molecule has 0 spiro atoms. The molecule has 0 aliphatic heterocycles. The van der Waals surface area contributed by atoms with Gasteiger partial charge in [-0.15, -0.1) is 10.2 Å². The average molecular weight is 634 g/mol. The number of hydrogen-bond acceptors (Lipinski definition) is 13. The Bertz CT molecular complexity index is 1370. The summed E-state index contributed by atoms with van der Waals surface area (Å²) in [4.78, 5) is 18.2. The third-order valence-electron chi connectivity index (χ3n) is 6.55. The van der Waals surface area contributed by atoms with E-state index < -0.39 is 5.97 Å². The van der Waals surface area contributed by atoms with Crippen molar-refractivity contribution in [3.8, 4) is 45.1 Å². The van der Waals surface area contributed by atoms with Crippen LogP contribution < -0.4 is 28.4 Å². The maximum atomic E-state index is 12.8. The van der Waals surface area contributed by atoms with E-state index in [1.165, 1.54) is 37.3 Å². The Morgan fingerprint density at radius 2 is 1.51 bits per heavy atom. The van der Waals surface area contributed by atoms with E-state index in [1.54, 1.807) is 40.6 Å². The lowest BCUT2D eigenvalue weighted by atomic mass is 10.0. The molecule has 0 amide bonds. The maximum absolute atomic E-state index is 12.8. The zero-order valence-electron chi connectivity index (χ0n) is 25.8. The third kappa shape index (κ3) is 8.44. The summed E-state index contributed by atoms with van der Waals surface area (Å²) in [7, 11) is 9.28. The largest absolute Gasteiger partial charge is 0.493 e. The molecule has 13 heteroatoms. The molecule has 0 fully saturated rings. The number of thioether (sulfide) groups is 1. The molecule has 1 heterocycles. The number of carbonyl (C=O) groups excluding carboxylic acids is 1. The number of aromatic nitrogens is 2. The molecule has 0 saturated carbocycles. The summed E-state index contributed by atoms with van der Waals surface area (Å²) in [6.45, 7) is 3.98. The summed E-state index contributed by atoms with van der Waals surface area (Å²) in [6.07, 6.45) is 3.83. The summed E-state index contributed by atoms with van der Waals surface area (Å²) in [5.41, 5.74) is 1.81. The quantitative estimate of drug-likeness (QED) is 0.0532. The standard InChI is InChI=1S/C30H39N3O8S2/c1-9-10-11-12-18(2)29(34)41-33-21(20-13-14-22(35-3)27(40-8)25(20)38-6)17-42-30-32-31-28(43-30)19-15-23(36-4)26(39-7)24(16-19)37-5/h13-16,18H,9-12,17H2,1-8H3/b33-21-. The molecule has 43 heavy (non-hydrogen) atoms. The van der Waals surface area contributed by atoms with Gasteiger partial charge in [-0.05, 0) is 30.7 Å². The summed E-state index contributed by atoms with van der Waals surface area (Å²) < 4.78 is 33.8. The van der Waals surface area contributed by atoms with Gasteiger partial charge in [-0.25, -0.2) is 4.79 Å². The molecule has 234 valence electrons. The summed E-state index contributed by atoms with van der Waals surface area (Å²) in [5.74, 6) is 2.46. The fourth-order valence-electron chi connectivity index (χ4n) is 4.21. The van der Waals surface area contributed by atoms with Crippen LogP contribution in [0.3, 0.4) is 0 Å². The highest BCUT2D eigenvalue weighted by Gasteiger charge is 2.23. The Labute approximate surface area is 260 Å². The minimum Gasteiger partial charge on any atom is -0.493 e. The van der Waals surface area contributed by atoms with Gasteiger partial charge >= 0.3 is 5.97 Å². The van der Waals surface area contributed by atoms with Crippen LogP contribution in [0.1, 0.15) is 45.1 Å². The van der Waals surface area contributed by atoms with Crippen molar-refractivity contribution >= 4 is 34.8 Å². The Morgan fingerprint density at radius 1 is 0.860 bits per heavy atom. The van der Waals surface area contributed by atoms with E-state index in [0.29, 0.717) is 60.9 Å². The molecule has 0 bridgehead atoms. The van der Waals surface area contributed by atoms with Gasteiger partial charge in [-0.1, -0.05) is 61.4 Å². The maximum Gasteiger partial charge on any atom is 0.337 e. The van der Waals surface area contributed by atoms with Crippen molar-refractivity contribution < 1.29 is 38.1 Å². The van der Waals surface area contributed by atoms with Gasteiger partial charge < -0.3 is 33.3 Å². The highest BCUT2D eigenvalue weighted by molar-refractivity contribution is 8.01. The minimum absolute atomic E-state index is 0.277. The fraction of sp³-hybridized carbons (Fsp3) is 0.467. The van der Waals surface area contributed by atoms with Crippen LogP contribution in [0.25, 0.3) is 10.6 Å². The van der Waals surface area contributed by atoms with Crippen LogP contribution in [0, 0.1) is 5.92 Å². The van der Waals surface area contributed by atoms with E-state index >= 15 is 0 Å². The number of oxime groups is 1. The smallest absolute Gasteiger partial charge is 0.337 e. The van der Waals surface area contributed by atoms with E-state index in [0.717, 1.165) is 31.2 Å². The minimum atomic E-state index is -0.390. The molecular weight excluding hydrogens is 594 g/mol. The summed E-state index contributed by atoms with van der Waals surface area (Å²) in [5, 5.41) is 13.7. The van der Waals surface area contributed by atoms with Gasteiger partial charge in [-0.3, -0.25) is 0 Å². The first-order valence-electron chi connectivity index (χ1n) is 13.7. The molecule has 0 aliphatic rings. The lowest BCUT2D eigenvalue weighted by Crippen LogP contribution is -2.15. The topological polar surface area (TPSA) is 120 Å². The number of methoxy groups -OCH3 is 6. The van der Waals surface area contributed by atoms with Gasteiger partial charge in [0.1, 0.15) is 10.7 Å². The monoisotopic (exact) mass is 633 g/mol. The number of hydrogen-bond donors (Lipinski definition) is 0. The predicted molar refractivity (Wildman–Crippen MR) is 168 cm³/mol. The van der Waals surface area contributed by atoms with Crippen molar-refractivity contribution in [2.45, 2.75) is 43.9 Å². The van der Waals surface area contributed by atoms with Crippen LogP contribution in [0.4, 0.5) is 0 Å². The van der Waals surface area contributed by atoms with Crippen molar-refractivity contribution in [1.82, 2.24) is 10.2 Å². The highest BCUT2D eigenvalue weighted by atomic mass is 32.2. The van der Waals surface area contributed by atoms with Gasteiger partial charge in [0.2, 0.25) is 11.5 Å². The second-order valence-corrected chi connectivity index (χ2v) is 11.5. The molecule has 11 nitrogen and oxygen atoms in total. The molecule has 2 aromatic carbocycles. The average Bonchev–Trinajstić information content (AvgIpc) is 3.52. The number of unbranched alkanes of at least 4 members (excludes halogenated alkanes) is 2. The van der Waals surface area contributed by atoms with Crippen LogP contribution in [0.2, 0.25) is 0 Å². The van der Waals surface area contributed by atoms with E-state index in [9.17, 15) is 4.79 Å². The molecule has 3 rings (SSSR count). The number of ether oxygens (including phenoxy) is 6. The number of rotatable bonds is 17. The van der Waals surface area contributed by atoms with Crippen molar-refractivity contribution in [2.24, 2.45) is 11.1 Å². The van der Waals surface area contributed by atoms with Gasteiger partial charge in [0.15, 0.2) is 27.3 Å². The van der Waals surface area contributed by atoms with Crippen LogP contribution in [0.5, 0.6) is 34.5 Å². The first-order valence-corrected chi connectivity index (χ1v) is 15.5. The molecule has 0 radical (unpaired) electrons. The van der Waals surface area contributed by atoms with Gasteiger partial charge in [0.05, 0.1) is 48.6 Å². The Morgan fingerprint density at radius 3 is 2.09 bits per heavy atom. The molecule has 0 aliphatic carbocycles. The second-order valence-electron chi connectivity index (χ2n) is 9.30. The third-order valence-corrected chi connectivity index (χ3v) is 8.67. The van der Waals surface area contributed by atoms with Crippen molar-refractivity contribution in [3.05, 3.63) is 29.8 Å². The Balaban J connectivity index is 1.91. The van der Waals surface area contributed by atoms with E-state index in [1.807, 2.05) is 19.1 Å². The summed E-state index contributed by atoms with van der Waals surface area (Å²) >= 11 is 2.78. The normalized spacial score (nSPS) is 12.0. The first kappa shape index (κ1) is 33.8. The molecule has 0 N–H and O–H groups in total. The SMILES string of the molecule is CCCCCC(C)C(=O)O/N=C(/CSc1nnc(-c2cc(OC)c(OC)c(OC)c2)s1)c1ccc(OC)c(OC)c1OC. The molecule has 1 atom stereocenters. The lowest BCUT2D eigenvalue weighted by Gasteiger charge is -2.16. The molecule has 1 unspecified atom stereocenters. The number of benzene rings is 2. The van der Waals surface area contributed by atoms with Crippen molar-refractivity contribution in [3.63, 3.8) is 0 Å². The van der Waals surface area contributed by atoms with E-state index in [4.69, 9.17) is 33.3 Å². The van der Waals surface area contributed by atoms with Crippen molar-refractivity contribution in [1.29, 1.82) is 0 Å². The predicted octanol–water partition coefficient (Wildman–Crippen LogP) is 6.51. The molecular formula is C30H39N3O8S2. The van der Waals surface area contributed by atoms with E-state index in [-0.39, 0.29) is 5.92 Å². The van der Waals surface area contributed by atoms with Crippen molar-refractivity contribution in [2.75, 3.05) is 48.4 Å².